The molecule has 0 radical (unpaired) electrons. The van der Waals surface area contributed by atoms with Crippen molar-refractivity contribution in [2.45, 2.75) is 26.1 Å². The molecule has 0 saturated heterocycles. The summed E-state index contributed by atoms with van der Waals surface area (Å²) in [6.45, 7) is 5.36. The molecule has 1 aromatic heterocycles. The van der Waals surface area contributed by atoms with Crippen LogP contribution in [0, 0.1) is 0 Å². The molecule has 7 heteroatoms. The lowest BCUT2D eigenvalue weighted by Gasteiger charge is -2.13. The molecule has 0 aliphatic carbocycles. The summed E-state index contributed by atoms with van der Waals surface area (Å²) < 4.78 is 36.6. The Morgan fingerprint density at radius 3 is 2.47 bits per heavy atom. The highest BCUT2D eigenvalue weighted by atomic mass is 19.4. The minimum absolute atomic E-state index is 0.212. The van der Waals surface area contributed by atoms with Gasteiger partial charge in [0.25, 0.3) is 0 Å². The van der Waals surface area contributed by atoms with Crippen molar-refractivity contribution in [3.05, 3.63) is 18.1 Å². The fourth-order valence-electron chi connectivity index (χ4n) is 1.24. The molecule has 1 unspecified atom stereocenters. The van der Waals surface area contributed by atoms with Gasteiger partial charge in [-0.2, -0.15) is 13.2 Å². The first-order valence-corrected chi connectivity index (χ1v) is 5.30. The predicted molar refractivity (Wildman–Crippen MR) is 58.7 cm³/mol. The second kappa shape index (κ2) is 5.81. The van der Waals surface area contributed by atoms with Crippen molar-refractivity contribution in [1.82, 2.24) is 15.3 Å². The van der Waals surface area contributed by atoms with Crippen LogP contribution in [0.15, 0.2) is 12.4 Å². The number of hydrogen-bond acceptors (Lipinski definition) is 4. The van der Waals surface area contributed by atoms with Gasteiger partial charge in [-0.3, -0.25) is 0 Å². The molecule has 0 amide bonds. The molecule has 1 atom stereocenters. The largest absolute Gasteiger partial charge is 0.434 e. The van der Waals surface area contributed by atoms with Crippen molar-refractivity contribution in [3.8, 4) is 0 Å². The molecule has 1 heterocycles. The van der Waals surface area contributed by atoms with E-state index >= 15 is 0 Å². The molecule has 1 aromatic rings. The monoisotopic (exact) mass is 248 g/mol. The van der Waals surface area contributed by atoms with Crippen LogP contribution in [0.25, 0.3) is 0 Å². The normalized spacial score (nSPS) is 13.5. The number of alkyl halides is 3. The highest BCUT2D eigenvalue weighted by Gasteiger charge is 2.32. The molecule has 4 nitrogen and oxygen atoms in total. The van der Waals surface area contributed by atoms with Gasteiger partial charge in [0.05, 0.1) is 12.4 Å². The number of nitrogens with one attached hydrogen (secondary N) is 2. The van der Waals surface area contributed by atoms with Crippen LogP contribution in [0.5, 0.6) is 0 Å². The molecule has 0 spiro atoms. The number of nitrogens with zero attached hydrogens (tertiary/aromatic N) is 2. The third-order valence-corrected chi connectivity index (χ3v) is 2.08. The van der Waals surface area contributed by atoms with Gasteiger partial charge in [-0.25, -0.2) is 9.97 Å². The van der Waals surface area contributed by atoms with Crippen molar-refractivity contribution in [2.24, 2.45) is 0 Å². The van der Waals surface area contributed by atoms with Gasteiger partial charge < -0.3 is 10.6 Å². The fraction of sp³-hybridized carbons (Fsp3) is 0.600. The maximum Gasteiger partial charge on any atom is 0.434 e. The summed E-state index contributed by atoms with van der Waals surface area (Å²) in [4.78, 5) is 6.96. The number of rotatable bonds is 5. The average molecular weight is 248 g/mol. The molecular formula is C10H15F3N4. The third kappa shape index (κ3) is 4.56. The molecule has 0 fully saturated rings. The van der Waals surface area contributed by atoms with E-state index in [9.17, 15) is 13.2 Å². The summed E-state index contributed by atoms with van der Waals surface area (Å²) in [6.07, 6.45) is -2.63. The van der Waals surface area contributed by atoms with E-state index < -0.39 is 11.9 Å². The van der Waals surface area contributed by atoms with Crippen LogP contribution in [-0.2, 0) is 6.18 Å². The lowest BCUT2D eigenvalue weighted by Crippen LogP contribution is -2.32. The van der Waals surface area contributed by atoms with Crippen molar-refractivity contribution in [2.75, 3.05) is 18.4 Å². The molecule has 0 aliphatic rings. The van der Waals surface area contributed by atoms with E-state index in [-0.39, 0.29) is 6.04 Å². The molecular weight excluding hydrogens is 233 g/mol. The summed E-state index contributed by atoms with van der Waals surface area (Å²) in [7, 11) is 0. The van der Waals surface area contributed by atoms with E-state index in [1.807, 2.05) is 13.8 Å². The quantitative estimate of drug-likeness (QED) is 0.835. The zero-order valence-corrected chi connectivity index (χ0v) is 9.67. The SMILES string of the molecule is CCNC(C)CNc1cnc(C(F)(F)F)cn1. The molecule has 0 bridgehead atoms. The second-order valence-electron chi connectivity index (χ2n) is 3.62. The zero-order chi connectivity index (χ0) is 12.9. The van der Waals surface area contributed by atoms with Crippen molar-refractivity contribution < 1.29 is 13.2 Å². The number of anilines is 1. The van der Waals surface area contributed by atoms with Crippen LogP contribution in [-0.4, -0.2) is 29.1 Å². The predicted octanol–water partition coefficient (Wildman–Crippen LogP) is 1.91. The Hall–Kier alpha value is -1.37. The standard InChI is InChI=1S/C10H15F3N4/c1-3-14-7(2)4-16-9-6-15-8(5-17-9)10(11,12)13/h5-7,14H,3-4H2,1-2H3,(H,16,17). The van der Waals surface area contributed by atoms with E-state index in [4.69, 9.17) is 0 Å². The van der Waals surface area contributed by atoms with Gasteiger partial charge in [-0.15, -0.1) is 0 Å². The lowest BCUT2D eigenvalue weighted by atomic mass is 10.3. The topological polar surface area (TPSA) is 49.8 Å². The van der Waals surface area contributed by atoms with Crippen LogP contribution in [0.4, 0.5) is 19.0 Å². The maximum atomic E-state index is 12.2. The summed E-state index contributed by atoms with van der Waals surface area (Å²) in [5.74, 6) is 0.336. The van der Waals surface area contributed by atoms with E-state index in [2.05, 4.69) is 20.6 Å². The van der Waals surface area contributed by atoms with Gasteiger partial charge in [0, 0.05) is 12.6 Å². The van der Waals surface area contributed by atoms with E-state index in [1.165, 1.54) is 0 Å². The first kappa shape index (κ1) is 13.7. The van der Waals surface area contributed by atoms with E-state index in [0.717, 1.165) is 18.9 Å². The number of likely N-dealkylation sites (N-methyl/N-ethyl adjacent to an activating group) is 1. The molecule has 1 rings (SSSR count). The second-order valence-corrected chi connectivity index (χ2v) is 3.62. The Morgan fingerprint density at radius 1 is 1.29 bits per heavy atom. The Kier molecular flexibility index (Phi) is 4.68. The maximum absolute atomic E-state index is 12.2. The van der Waals surface area contributed by atoms with Gasteiger partial charge in [-0.05, 0) is 13.5 Å². The lowest BCUT2D eigenvalue weighted by molar-refractivity contribution is -0.141. The van der Waals surface area contributed by atoms with Crippen LogP contribution >= 0.6 is 0 Å². The summed E-state index contributed by atoms with van der Waals surface area (Å²) in [5.41, 5.74) is -0.984. The van der Waals surface area contributed by atoms with Crippen LogP contribution in [0.1, 0.15) is 19.5 Å². The highest BCUT2D eigenvalue weighted by Crippen LogP contribution is 2.26. The minimum atomic E-state index is -4.44. The van der Waals surface area contributed by atoms with E-state index in [1.54, 1.807) is 0 Å². The molecule has 2 N–H and O–H groups in total. The number of aromatic nitrogens is 2. The van der Waals surface area contributed by atoms with E-state index in [0.29, 0.717) is 12.4 Å². The van der Waals surface area contributed by atoms with Crippen LogP contribution in [0.3, 0.4) is 0 Å². The van der Waals surface area contributed by atoms with Gasteiger partial charge in [0.2, 0.25) is 0 Å². The van der Waals surface area contributed by atoms with Crippen molar-refractivity contribution in [3.63, 3.8) is 0 Å². The zero-order valence-electron chi connectivity index (χ0n) is 9.67. The number of hydrogen-bond donors (Lipinski definition) is 2. The first-order chi connectivity index (χ1) is 7.93. The Morgan fingerprint density at radius 2 is 2.00 bits per heavy atom. The molecule has 0 aromatic carbocycles. The van der Waals surface area contributed by atoms with Crippen molar-refractivity contribution >= 4 is 5.82 Å². The van der Waals surface area contributed by atoms with Gasteiger partial charge in [0.15, 0.2) is 5.69 Å². The molecule has 17 heavy (non-hydrogen) atoms. The highest BCUT2D eigenvalue weighted by molar-refractivity contribution is 5.31. The first-order valence-electron chi connectivity index (χ1n) is 5.30. The van der Waals surface area contributed by atoms with Gasteiger partial charge in [0.1, 0.15) is 5.82 Å². The van der Waals surface area contributed by atoms with Crippen LogP contribution < -0.4 is 10.6 Å². The summed E-state index contributed by atoms with van der Waals surface area (Å²) >= 11 is 0. The molecule has 0 aliphatic heterocycles. The summed E-state index contributed by atoms with van der Waals surface area (Å²) in [6, 6.07) is 0.212. The third-order valence-electron chi connectivity index (χ3n) is 2.08. The molecule has 96 valence electrons. The fourth-order valence-corrected chi connectivity index (χ4v) is 1.24. The number of halogens is 3. The summed E-state index contributed by atoms with van der Waals surface area (Å²) in [5, 5.41) is 6.07. The van der Waals surface area contributed by atoms with Crippen molar-refractivity contribution in [1.29, 1.82) is 0 Å². The van der Waals surface area contributed by atoms with Crippen LogP contribution in [0.2, 0.25) is 0 Å². The molecule has 0 saturated carbocycles. The Balaban J connectivity index is 2.51. The smallest absolute Gasteiger partial charge is 0.367 e. The average Bonchev–Trinajstić information content (AvgIpc) is 2.26. The Bertz CT molecular complexity index is 336. The van der Waals surface area contributed by atoms with Gasteiger partial charge in [-0.1, -0.05) is 6.92 Å². The van der Waals surface area contributed by atoms with Gasteiger partial charge >= 0.3 is 6.18 Å². The minimum Gasteiger partial charge on any atom is -0.367 e. The Labute approximate surface area is 97.7 Å².